The summed E-state index contributed by atoms with van der Waals surface area (Å²) >= 11 is 0. The third-order valence-corrected chi connectivity index (χ3v) is 4.78. The lowest BCUT2D eigenvalue weighted by atomic mass is 9.71. The lowest BCUT2D eigenvalue weighted by Crippen LogP contribution is -2.52. The van der Waals surface area contributed by atoms with Gasteiger partial charge >= 0.3 is 0 Å². The number of allylic oxidation sites excluding steroid dienone is 4. The predicted molar refractivity (Wildman–Crippen MR) is 79.4 cm³/mol. The molecule has 1 aliphatic carbocycles. The average Bonchev–Trinajstić information content (AvgIpc) is 2.29. The van der Waals surface area contributed by atoms with Crippen LogP contribution >= 0.6 is 0 Å². The third kappa shape index (κ3) is 2.37. The van der Waals surface area contributed by atoms with Crippen LogP contribution in [0.2, 0.25) is 0 Å². The summed E-state index contributed by atoms with van der Waals surface area (Å²) in [7, 11) is 0. The van der Waals surface area contributed by atoms with Gasteiger partial charge in [-0.3, -0.25) is 0 Å². The van der Waals surface area contributed by atoms with E-state index in [4.69, 9.17) is 0 Å². The smallest absolute Gasteiger partial charge is 0.0346 e. The summed E-state index contributed by atoms with van der Waals surface area (Å²) in [5.74, 6) is 1.58. The number of fused-ring (bicyclic) bond motifs is 1. The van der Waals surface area contributed by atoms with E-state index in [1.807, 2.05) is 0 Å². The first-order valence-corrected chi connectivity index (χ1v) is 7.62. The largest absolute Gasteiger partial charge is 0.369 e. The molecule has 2 rings (SSSR count). The van der Waals surface area contributed by atoms with Crippen LogP contribution in [-0.4, -0.2) is 17.0 Å². The first-order chi connectivity index (χ1) is 8.47. The molecule has 0 bridgehead atoms. The summed E-state index contributed by atoms with van der Waals surface area (Å²) in [4.78, 5) is 2.72. The van der Waals surface area contributed by atoms with Crippen LogP contribution in [0.4, 0.5) is 0 Å². The molecule has 2 aliphatic rings. The van der Waals surface area contributed by atoms with Crippen molar-refractivity contribution in [3.8, 4) is 0 Å². The zero-order chi connectivity index (χ0) is 13.3. The van der Waals surface area contributed by atoms with Crippen LogP contribution in [0.5, 0.6) is 0 Å². The molecule has 18 heavy (non-hydrogen) atoms. The van der Waals surface area contributed by atoms with E-state index in [9.17, 15) is 0 Å². The Hall–Kier alpha value is -0.720. The predicted octanol–water partition coefficient (Wildman–Crippen LogP) is 4.76. The third-order valence-electron chi connectivity index (χ3n) is 4.78. The maximum atomic E-state index is 2.72. The Bertz CT molecular complexity index is 362. The van der Waals surface area contributed by atoms with Crippen molar-refractivity contribution in [3.63, 3.8) is 0 Å². The fourth-order valence-corrected chi connectivity index (χ4v) is 3.90. The molecule has 1 nitrogen and oxygen atoms in total. The van der Waals surface area contributed by atoms with Gasteiger partial charge in [0.1, 0.15) is 0 Å². The van der Waals surface area contributed by atoms with Crippen LogP contribution in [0, 0.1) is 11.8 Å². The standard InChI is InChI=1S/C17H29N/c1-6-7-11-18-16-13(2)9-8-10-15(16)14(3)12-17(18,4)5/h8-9,14-15H,6-7,10-12H2,1-5H3. The molecule has 1 heteroatoms. The minimum atomic E-state index is 0.326. The topological polar surface area (TPSA) is 3.24 Å². The van der Waals surface area contributed by atoms with E-state index >= 15 is 0 Å². The van der Waals surface area contributed by atoms with E-state index in [-0.39, 0.29) is 0 Å². The van der Waals surface area contributed by atoms with Gasteiger partial charge in [0.2, 0.25) is 0 Å². The summed E-state index contributed by atoms with van der Waals surface area (Å²) < 4.78 is 0. The van der Waals surface area contributed by atoms with Crippen molar-refractivity contribution < 1.29 is 0 Å². The van der Waals surface area contributed by atoms with Gasteiger partial charge in [0.25, 0.3) is 0 Å². The second kappa shape index (κ2) is 5.11. The van der Waals surface area contributed by atoms with Gasteiger partial charge < -0.3 is 4.90 Å². The summed E-state index contributed by atoms with van der Waals surface area (Å²) in [6.45, 7) is 13.1. The van der Waals surface area contributed by atoms with Gasteiger partial charge in [0, 0.05) is 23.7 Å². The average molecular weight is 247 g/mol. The molecule has 1 heterocycles. The van der Waals surface area contributed by atoms with Crippen LogP contribution in [0.3, 0.4) is 0 Å². The molecule has 2 atom stereocenters. The fraction of sp³-hybridized carbons (Fsp3) is 0.765. The zero-order valence-corrected chi connectivity index (χ0v) is 12.8. The van der Waals surface area contributed by atoms with E-state index in [2.05, 4.69) is 51.7 Å². The van der Waals surface area contributed by atoms with E-state index < -0.39 is 0 Å². The van der Waals surface area contributed by atoms with Crippen LogP contribution in [0.15, 0.2) is 23.4 Å². The van der Waals surface area contributed by atoms with Gasteiger partial charge in [-0.2, -0.15) is 0 Å². The molecular formula is C17H29N. The van der Waals surface area contributed by atoms with Gasteiger partial charge in [0.15, 0.2) is 0 Å². The molecule has 2 unspecified atom stereocenters. The van der Waals surface area contributed by atoms with Gasteiger partial charge in [-0.05, 0) is 51.5 Å². The molecular weight excluding hydrogens is 218 g/mol. The lowest BCUT2D eigenvalue weighted by molar-refractivity contribution is 0.0566. The maximum Gasteiger partial charge on any atom is 0.0346 e. The zero-order valence-electron chi connectivity index (χ0n) is 12.8. The maximum absolute atomic E-state index is 2.72. The molecule has 0 aromatic rings. The van der Waals surface area contributed by atoms with Gasteiger partial charge in [-0.25, -0.2) is 0 Å². The van der Waals surface area contributed by atoms with Crippen molar-refractivity contribution in [1.29, 1.82) is 0 Å². The van der Waals surface area contributed by atoms with Gasteiger partial charge in [-0.15, -0.1) is 0 Å². The first-order valence-electron chi connectivity index (χ1n) is 7.62. The number of unbranched alkanes of at least 4 members (excludes halogenated alkanes) is 1. The number of nitrogens with zero attached hydrogens (tertiary/aromatic N) is 1. The minimum absolute atomic E-state index is 0.326. The summed E-state index contributed by atoms with van der Waals surface area (Å²) in [5.41, 5.74) is 3.48. The number of piperidine rings is 1. The molecule has 0 amide bonds. The fourth-order valence-electron chi connectivity index (χ4n) is 3.90. The second-order valence-corrected chi connectivity index (χ2v) is 6.81. The molecule has 1 aliphatic heterocycles. The van der Waals surface area contributed by atoms with Gasteiger partial charge in [-0.1, -0.05) is 32.4 Å². The molecule has 1 fully saturated rings. The van der Waals surface area contributed by atoms with E-state index in [1.54, 1.807) is 5.70 Å². The lowest BCUT2D eigenvalue weighted by Gasteiger charge is -2.53. The summed E-state index contributed by atoms with van der Waals surface area (Å²) in [5, 5.41) is 0. The Kier molecular flexibility index (Phi) is 3.89. The Labute approximate surface area is 113 Å². The normalized spacial score (nSPS) is 30.6. The van der Waals surface area contributed by atoms with Crippen LogP contribution < -0.4 is 0 Å². The van der Waals surface area contributed by atoms with Crippen molar-refractivity contribution in [2.45, 2.75) is 65.8 Å². The highest BCUT2D eigenvalue weighted by Crippen LogP contribution is 2.45. The van der Waals surface area contributed by atoms with Crippen LogP contribution in [0.25, 0.3) is 0 Å². The number of rotatable bonds is 3. The van der Waals surface area contributed by atoms with E-state index in [0.717, 1.165) is 11.8 Å². The number of hydrogen-bond donors (Lipinski definition) is 0. The molecule has 0 saturated carbocycles. The minimum Gasteiger partial charge on any atom is -0.369 e. The highest BCUT2D eigenvalue weighted by Gasteiger charge is 2.41. The van der Waals surface area contributed by atoms with E-state index in [0.29, 0.717) is 5.54 Å². The molecule has 0 N–H and O–H groups in total. The van der Waals surface area contributed by atoms with Gasteiger partial charge in [0.05, 0.1) is 0 Å². The van der Waals surface area contributed by atoms with Crippen LogP contribution in [0.1, 0.15) is 60.3 Å². The highest BCUT2D eigenvalue weighted by molar-refractivity contribution is 5.32. The first kappa shape index (κ1) is 13.7. The molecule has 1 saturated heterocycles. The summed E-state index contributed by atoms with van der Waals surface area (Å²) in [6.07, 6.45) is 9.87. The second-order valence-electron chi connectivity index (χ2n) is 6.81. The molecule has 0 aromatic carbocycles. The van der Waals surface area contributed by atoms with Crippen molar-refractivity contribution in [2.24, 2.45) is 11.8 Å². The highest BCUT2D eigenvalue weighted by atomic mass is 15.2. The molecule has 0 spiro atoms. The number of likely N-dealkylation sites (tertiary alicyclic amines) is 1. The Morgan fingerprint density at radius 3 is 2.78 bits per heavy atom. The molecule has 0 aromatic heterocycles. The van der Waals surface area contributed by atoms with Crippen molar-refractivity contribution in [1.82, 2.24) is 4.90 Å². The van der Waals surface area contributed by atoms with Crippen molar-refractivity contribution in [2.75, 3.05) is 6.54 Å². The Balaban J connectivity index is 2.35. The molecule has 102 valence electrons. The van der Waals surface area contributed by atoms with Crippen LogP contribution in [-0.2, 0) is 0 Å². The Morgan fingerprint density at radius 2 is 2.11 bits per heavy atom. The monoisotopic (exact) mass is 247 g/mol. The van der Waals surface area contributed by atoms with Crippen molar-refractivity contribution >= 4 is 0 Å². The number of hydrogen-bond acceptors (Lipinski definition) is 1. The van der Waals surface area contributed by atoms with Crippen molar-refractivity contribution in [3.05, 3.63) is 23.4 Å². The van der Waals surface area contributed by atoms with E-state index in [1.165, 1.54) is 37.8 Å². The quantitative estimate of drug-likeness (QED) is 0.695. The Morgan fingerprint density at radius 1 is 1.39 bits per heavy atom. The summed E-state index contributed by atoms with van der Waals surface area (Å²) in [6, 6.07) is 0. The SMILES string of the molecule is CCCCN1C2=C(C)C=CCC2C(C)CC1(C)C. The molecule has 0 radical (unpaired) electrons.